The second kappa shape index (κ2) is 7.53. The lowest BCUT2D eigenvalue weighted by atomic mass is 9.87. The molecule has 29 heavy (non-hydrogen) atoms. The Balaban J connectivity index is 1.56. The molecule has 0 fully saturated rings. The van der Waals surface area contributed by atoms with Crippen molar-refractivity contribution in [2.45, 2.75) is 39.3 Å². The van der Waals surface area contributed by atoms with Gasteiger partial charge in [-0.2, -0.15) is 0 Å². The monoisotopic (exact) mass is 405 g/mol. The van der Waals surface area contributed by atoms with Crippen LogP contribution in [0, 0.1) is 0 Å². The van der Waals surface area contributed by atoms with Gasteiger partial charge in [-0.3, -0.25) is 4.79 Å². The minimum atomic E-state index is 0.0272. The average molecular weight is 406 g/mol. The fraction of sp³-hybridized carbons (Fsp3) is 0.250. The highest BCUT2D eigenvalue weighted by Crippen LogP contribution is 2.34. The molecule has 0 atom stereocenters. The quantitative estimate of drug-likeness (QED) is 0.557. The first-order valence-electron chi connectivity index (χ1n) is 9.71. The van der Waals surface area contributed by atoms with Gasteiger partial charge in [-0.25, -0.2) is 4.98 Å². The summed E-state index contributed by atoms with van der Waals surface area (Å²) in [5, 5.41) is 3.85. The number of fused-ring (bicyclic) bond motifs is 1. The Labute approximate surface area is 176 Å². The van der Waals surface area contributed by atoms with Gasteiger partial charge in [-0.1, -0.05) is 56.6 Å². The van der Waals surface area contributed by atoms with Crippen LogP contribution in [-0.2, 0) is 18.5 Å². The van der Waals surface area contributed by atoms with E-state index in [1.165, 1.54) is 5.56 Å². The number of rotatable bonds is 4. The first kappa shape index (κ1) is 19.5. The van der Waals surface area contributed by atoms with E-state index < -0.39 is 0 Å². The molecule has 4 rings (SSSR count). The van der Waals surface area contributed by atoms with Crippen molar-refractivity contribution in [3.63, 3.8) is 0 Å². The van der Waals surface area contributed by atoms with Crippen LogP contribution in [0.15, 0.2) is 60.8 Å². The molecule has 1 aliphatic rings. The summed E-state index contributed by atoms with van der Waals surface area (Å²) in [4.78, 5) is 19.1. The molecule has 4 nitrogen and oxygen atoms in total. The summed E-state index contributed by atoms with van der Waals surface area (Å²) in [6, 6.07) is 18.0. The van der Waals surface area contributed by atoms with Gasteiger partial charge in [0, 0.05) is 24.1 Å². The lowest BCUT2D eigenvalue weighted by Crippen LogP contribution is -2.23. The van der Waals surface area contributed by atoms with Crippen LogP contribution in [0.5, 0.6) is 0 Å². The van der Waals surface area contributed by atoms with Crippen molar-refractivity contribution in [2.75, 3.05) is 10.2 Å². The summed E-state index contributed by atoms with van der Waals surface area (Å²) in [5.74, 6) is 0.0272. The SMILES string of the molecule is CC(C)(C)c1ccc(N2Cc3cccc(NCc4ccnc(Cl)c4)c3C2=O)cc1. The van der Waals surface area contributed by atoms with Crippen molar-refractivity contribution in [3.05, 3.63) is 88.2 Å². The summed E-state index contributed by atoms with van der Waals surface area (Å²) < 4.78 is 0. The molecule has 1 aliphatic heterocycles. The minimum Gasteiger partial charge on any atom is -0.380 e. The van der Waals surface area contributed by atoms with Crippen LogP contribution < -0.4 is 10.2 Å². The number of halogens is 1. The number of benzene rings is 2. The van der Waals surface area contributed by atoms with Crippen LogP contribution >= 0.6 is 11.6 Å². The van der Waals surface area contributed by atoms with E-state index in [0.29, 0.717) is 18.2 Å². The Morgan fingerprint density at radius 1 is 1.10 bits per heavy atom. The smallest absolute Gasteiger partial charge is 0.261 e. The molecular formula is C24H24ClN3O. The zero-order valence-electron chi connectivity index (χ0n) is 16.9. The number of carbonyl (C=O) groups excluding carboxylic acids is 1. The molecule has 5 heteroatoms. The fourth-order valence-electron chi connectivity index (χ4n) is 3.61. The third-order valence-electron chi connectivity index (χ3n) is 5.26. The molecule has 2 aromatic carbocycles. The second-order valence-electron chi connectivity index (χ2n) is 8.37. The maximum Gasteiger partial charge on any atom is 0.261 e. The zero-order chi connectivity index (χ0) is 20.6. The molecule has 0 saturated carbocycles. The number of anilines is 2. The van der Waals surface area contributed by atoms with Crippen molar-refractivity contribution >= 4 is 28.9 Å². The minimum absolute atomic E-state index is 0.0272. The van der Waals surface area contributed by atoms with Gasteiger partial charge in [-0.05, 0) is 52.4 Å². The topological polar surface area (TPSA) is 45.2 Å². The van der Waals surface area contributed by atoms with E-state index in [1.807, 2.05) is 47.4 Å². The van der Waals surface area contributed by atoms with E-state index in [2.05, 4.69) is 43.2 Å². The van der Waals surface area contributed by atoms with Gasteiger partial charge < -0.3 is 10.2 Å². The van der Waals surface area contributed by atoms with Crippen LogP contribution in [-0.4, -0.2) is 10.9 Å². The number of hydrogen-bond acceptors (Lipinski definition) is 3. The van der Waals surface area contributed by atoms with Gasteiger partial charge >= 0.3 is 0 Å². The van der Waals surface area contributed by atoms with E-state index in [9.17, 15) is 4.79 Å². The third-order valence-corrected chi connectivity index (χ3v) is 5.46. The van der Waals surface area contributed by atoms with Gasteiger partial charge in [0.15, 0.2) is 0 Å². The lowest BCUT2D eigenvalue weighted by Gasteiger charge is -2.21. The predicted octanol–water partition coefficient (Wildman–Crippen LogP) is 5.81. The molecule has 0 radical (unpaired) electrons. The largest absolute Gasteiger partial charge is 0.380 e. The number of pyridine rings is 1. The van der Waals surface area contributed by atoms with Crippen LogP contribution in [0.3, 0.4) is 0 Å². The number of hydrogen-bond donors (Lipinski definition) is 1. The van der Waals surface area contributed by atoms with Crippen molar-refractivity contribution < 1.29 is 4.79 Å². The van der Waals surface area contributed by atoms with Crippen molar-refractivity contribution in [1.29, 1.82) is 0 Å². The Kier molecular flexibility index (Phi) is 5.05. The van der Waals surface area contributed by atoms with Gasteiger partial charge in [0.2, 0.25) is 0 Å². The first-order chi connectivity index (χ1) is 13.8. The number of aromatic nitrogens is 1. The third kappa shape index (κ3) is 3.99. The molecule has 1 amide bonds. The molecule has 1 N–H and O–H groups in total. The molecule has 0 saturated heterocycles. The molecule has 0 bridgehead atoms. The molecule has 1 aromatic heterocycles. The Morgan fingerprint density at radius 3 is 2.55 bits per heavy atom. The second-order valence-corrected chi connectivity index (χ2v) is 8.76. The number of carbonyl (C=O) groups is 1. The Hall–Kier alpha value is -2.85. The molecule has 2 heterocycles. The van der Waals surface area contributed by atoms with E-state index >= 15 is 0 Å². The Bertz CT molecular complexity index is 1050. The van der Waals surface area contributed by atoms with Crippen LogP contribution in [0.4, 0.5) is 11.4 Å². The van der Waals surface area contributed by atoms with Crippen LogP contribution in [0.25, 0.3) is 0 Å². The van der Waals surface area contributed by atoms with Gasteiger partial charge in [0.25, 0.3) is 5.91 Å². The standard InChI is InChI=1S/C24H24ClN3O/c1-24(2,3)18-7-9-19(10-8-18)28-15-17-5-4-6-20(22(17)23(28)29)27-14-16-11-12-26-21(25)13-16/h4-13,27H,14-15H2,1-3H3. The van der Waals surface area contributed by atoms with Crippen LogP contribution in [0.1, 0.15) is 47.8 Å². The van der Waals surface area contributed by atoms with Crippen LogP contribution in [0.2, 0.25) is 5.15 Å². The fourth-order valence-corrected chi connectivity index (χ4v) is 3.81. The maximum atomic E-state index is 13.2. The number of nitrogens with zero attached hydrogens (tertiary/aromatic N) is 2. The highest BCUT2D eigenvalue weighted by molar-refractivity contribution is 6.29. The van der Waals surface area contributed by atoms with Crippen molar-refractivity contribution in [2.24, 2.45) is 0 Å². The molecule has 0 spiro atoms. The number of nitrogens with one attached hydrogen (secondary N) is 1. The molecular weight excluding hydrogens is 382 g/mol. The van der Waals surface area contributed by atoms with E-state index in [-0.39, 0.29) is 11.3 Å². The molecule has 148 valence electrons. The summed E-state index contributed by atoms with van der Waals surface area (Å²) in [6.07, 6.45) is 1.68. The summed E-state index contributed by atoms with van der Waals surface area (Å²) in [7, 11) is 0. The van der Waals surface area contributed by atoms with E-state index in [0.717, 1.165) is 28.1 Å². The predicted molar refractivity (Wildman–Crippen MR) is 119 cm³/mol. The molecule has 0 aliphatic carbocycles. The van der Waals surface area contributed by atoms with Crippen molar-refractivity contribution in [1.82, 2.24) is 4.98 Å². The van der Waals surface area contributed by atoms with E-state index in [1.54, 1.807) is 6.20 Å². The summed E-state index contributed by atoms with van der Waals surface area (Å²) >= 11 is 5.97. The molecule has 3 aromatic rings. The zero-order valence-corrected chi connectivity index (χ0v) is 17.6. The normalized spacial score (nSPS) is 13.5. The number of amides is 1. The van der Waals surface area contributed by atoms with Gasteiger partial charge in [-0.15, -0.1) is 0 Å². The van der Waals surface area contributed by atoms with Gasteiger partial charge in [0.05, 0.1) is 12.1 Å². The summed E-state index contributed by atoms with van der Waals surface area (Å²) in [6.45, 7) is 7.72. The lowest BCUT2D eigenvalue weighted by molar-refractivity contribution is 0.0997. The summed E-state index contributed by atoms with van der Waals surface area (Å²) in [5.41, 5.74) is 5.90. The van der Waals surface area contributed by atoms with Crippen molar-refractivity contribution in [3.8, 4) is 0 Å². The maximum absolute atomic E-state index is 13.2. The molecule has 0 unspecified atom stereocenters. The van der Waals surface area contributed by atoms with Gasteiger partial charge in [0.1, 0.15) is 5.15 Å². The average Bonchev–Trinajstić information content (AvgIpc) is 3.03. The highest BCUT2D eigenvalue weighted by Gasteiger charge is 2.31. The Morgan fingerprint density at radius 2 is 1.86 bits per heavy atom. The highest BCUT2D eigenvalue weighted by atomic mass is 35.5. The first-order valence-corrected chi connectivity index (χ1v) is 10.1. The van der Waals surface area contributed by atoms with E-state index in [4.69, 9.17) is 11.6 Å².